The number of aliphatic carboxylic acids is 1. The largest absolute Gasteiger partial charge is 0.490 e. The molecule has 7 rings (SSSR count). The first-order chi connectivity index (χ1) is 29.2. The van der Waals surface area contributed by atoms with E-state index in [4.69, 9.17) is 47.6 Å². The third kappa shape index (κ3) is 12.4. The quantitative estimate of drug-likeness (QED) is 0.171. The molecule has 4 fully saturated rings. The van der Waals surface area contributed by atoms with Gasteiger partial charge in [0, 0.05) is 37.3 Å². The summed E-state index contributed by atoms with van der Waals surface area (Å²) in [6.45, 7) is 15.7. The topological polar surface area (TPSA) is 127 Å². The molecule has 61 heavy (non-hydrogen) atoms. The summed E-state index contributed by atoms with van der Waals surface area (Å²) < 4.78 is 43.6. The van der Waals surface area contributed by atoms with E-state index in [1.165, 1.54) is 97.2 Å². The Hall–Kier alpha value is -3.87. The van der Waals surface area contributed by atoms with Gasteiger partial charge in [-0.2, -0.15) is 18.4 Å². The van der Waals surface area contributed by atoms with E-state index in [9.17, 15) is 18.4 Å². The van der Waals surface area contributed by atoms with Gasteiger partial charge < -0.3 is 34.6 Å². The van der Waals surface area contributed by atoms with Crippen LogP contribution in [-0.4, -0.2) is 114 Å². The molecule has 0 unspecified atom stereocenters. The minimum absolute atomic E-state index is 0.285. The van der Waals surface area contributed by atoms with Crippen LogP contribution in [0, 0.1) is 22.7 Å². The average molecular weight is 889 g/mol. The molecule has 0 amide bonds. The van der Waals surface area contributed by atoms with Crippen LogP contribution in [-0.2, 0) is 16.8 Å². The zero-order valence-electron chi connectivity index (χ0n) is 35.2. The van der Waals surface area contributed by atoms with Crippen molar-refractivity contribution in [2.45, 2.75) is 89.5 Å². The molecule has 0 atom stereocenters. The molecule has 5 heterocycles. The Morgan fingerprint density at radius 2 is 1.59 bits per heavy atom. The number of carboxylic acid groups (broad SMARTS) is 1. The maximum atomic E-state index is 10.6. The van der Waals surface area contributed by atoms with Crippen molar-refractivity contribution in [3.8, 4) is 17.6 Å². The number of carbonyl (C=O) groups is 1. The third-order valence-corrected chi connectivity index (χ3v) is 13.6. The van der Waals surface area contributed by atoms with Crippen LogP contribution < -0.4 is 19.7 Å². The van der Waals surface area contributed by atoms with Gasteiger partial charge in [-0.25, -0.2) is 14.8 Å². The van der Waals surface area contributed by atoms with Crippen molar-refractivity contribution in [2.75, 3.05) is 76.3 Å². The number of benzene rings is 2. The summed E-state index contributed by atoms with van der Waals surface area (Å²) in [6.07, 6.45) is 7.25. The number of hydrogen-bond donors (Lipinski definition) is 2. The van der Waals surface area contributed by atoms with Gasteiger partial charge in [0.2, 0.25) is 5.95 Å². The van der Waals surface area contributed by atoms with E-state index in [1.54, 1.807) is 0 Å². The van der Waals surface area contributed by atoms with Crippen LogP contribution in [0.1, 0.15) is 87.6 Å². The monoisotopic (exact) mass is 887 g/mol. The number of carboxylic acids is 1. The van der Waals surface area contributed by atoms with E-state index in [0.29, 0.717) is 34.2 Å². The van der Waals surface area contributed by atoms with Gasteiger partial charge in [0.1, 0.15) is 25.0 Å². The second-order valence-corrected chi connectivity index (χ2v) is 18.1. The van der Waals surface area contributed by atoms with E-state index < -0.39 is 17.6 Å². The normalized spacial score (nSPS) is 19.5. The summed E-state index contributed by atoms with van der Waals surface area (Å²) in [5.41, 5.74) is 3.33. The standard InChI is InChI=1S/C43H57Cl2N7O2.C2HF3O2/c1-42(2,35-27-33(29-46)40(39(45)28-35)53-26-16-44)34-3-5-38(6-4-34)54-31-36-9-19-48-41(49-36)52-24-14-43(15-25-52)12-22-51(23-13-43)37-10-20-50(21-11-37)30-32-7-17-47-18-8-32;3-2(4,5)1(6)7/h3-6,9,19,27-28,32,37,47H,7-8,10-18,20-26,30-31H2,1-2H3;(H,6,7). The van der Waals surface area contributed by atoms with Gasteiger partial charge in [0.05, 0.1) is 22.2 Å². The summed E-state index contributed by atoms with van der Waals surface area (Å²) in [5, 5.41) is 20.8. The number of alkyl halides is 4. The number of aromatic nitrogens is 2. The van der Waals surface area contributed by atoms with E-state index >= 15 is 0 Å². The van der Waals surface area contributed by atoms with Crippen molar-refractivity contribution in [3.63, 3.8) is 0 Å². The van der Waals surface area contributed by atoms with Crippen molar-refractivity contribution in [1.29, 1.82) is 5.26 Å². The molecule has 11 nitrogen and oxygen atoms in total. The van der Waals surface area contributed by atoms with Gasteiger partial charge in [-0.1, -0.05) is 37.6 Å². The molecule has 0 bridgehead atoms. The van der Waals surface area contributed by atoms with Crippen molar-refractivity contribution < 1.29 is 32.5 Å². The molecule has 2 aromatic carbocycles. The molecule has 1 spiro atoms. The first-order valence-electron chi connectivity index (χ1n) is 21.4. The van der Waals surface area contributed by atoms with Crippen molar-refractivity contribution in [1.82, 2.24) is 25.1 Å². The molecular weight excluding hydrogens is 830 g/mol. The molecule has 332 valence electrons. The number of nitrogens with zero attached hydrogens (tertiary/aromatic N) is 6. The Morgan fingerprint density at radius 3 is 2.20 bits per heavy atom. The number of rotatable bonds is 12. The van der Waals surface area contributed by atoms with Gasteiger partial charge in [0.15, 0.2) is 5.75 Å². The molecular formula is C45H58Cl2F3N7O4. The van der Waals surface area contributed by atoms with Gasteiger partial charge in [-0.15, -0.1) is 11.6 Å². The van der Waals surface area contributed by atoms with Gasteiger partial charge in [-0.3, -0.25) is 0 Å². The molecule has 3 aromatic rings. The van der Waals surface area contributed by atoms with Crippen LogP contribution in [0.5, 0.6) is 11.5 Å². The van der Waals surface area contributed by atoms with Gasteiger partial charge in [-0.05, 0) is 143 Å². The molecule has 1 aromatic heterocycles. The minimum atomic E-state index is -5.08. The smallest absolute Gasteiger partial charge is 0.489 e. The average Bonchev–Trinajstić information content (AvgIpc) is 3.26. The lowest BCUT2D eigenvalue weighted by Gasteiger charge is -2.49. The fourth-order valence-electron chi connectivity index (χ4n) is 9.17. The second-order valence-electron chi connectivity index (χ2n) is 17.3. The summed E-state index contributed by atoms with van der Waals surface area (Å²) in [4.78, 5) is 26.5. The number of piperidine rings is 4. The highest BCUT2D eigenvalue weighted by atomic mass is 35.5. The van der Waals surface area contributed by atoms with Gasteiger partial charge in [0.25, 0.3) is 0 Å². The van der Waals surface area contributed by atoms with Crippen LogP contribution in [0.25, 0.3) is 0 Å². The molecule has 4 aliphatic rings. The SMILES string of the molecule is CC(C)(c1ccc(OCc2ccnc(N3CCC4(CC3)CCN(C3CCN(CC5CCNCC5)CC3)CC4)n2)cc1)c1cc(Cl)c(OCCCl)c(C#N)c1.O=C(O)C(F)(F)F. The van der Waals surface area contributed by atoms with Crippen LogP contribution in [0.3, 0.4) is 0 Å². The number of nitrogens with one attached hydrogen (secondary N) is 1. The highest BCUT2D eigenvalue weighted by Crippen LogP contribution is 2.43. The fourth-order valence-corrected chi connectivity index (χ4v) is 9.53. The lowest BCUT2D eigenvalue weighted by Crippen LogP contribution is -2.52. The number of likely N-dealkylation sites (tertiary alicyclic amines) is 2. The van der Waals surface area contributed by atoms with Crippen molar-refractivity contribution in [2.24, 2.45) is 11.3 Å². The summed E-state index contributed by atoms with van der Waals surface area (Å²) in [6, 6.07) is 16.7. The van der Waals surface area contributed by atoms with E-state index in [0.717, 1.165) is 53.6 Å². The molecule has 0 saturated carbocycles. The number of anilines is 1. The predicted octanol–water partition coefficient (Wildman–Crippen LogP) is 8.30. The predicted molar refractivity (Wildman–Crippen MR) is 231 cm³/mol. The number of ether oxygens (including phenoxy) is 2. The Labute approximate surface area is 367 Å². The molecule has 2 N–H and O–H groups in total. The van der Waals surface area contributed by atoms with Crippen LogP contribution in [0.2, 0.25) is 5.02 Å². The van der Waals surface area contributed by atoms with Crippen LogP contribution >= 0.6 is 23.2 Å². The Bertz CT molecular complexity index is 1930. The fraction of sp³-hybridized carbons (Fsp3) is 0.600. The molecule has 4 aliphatic heterocycles. The third-order valence-electron chi connectivity index (χ3n) is 13.1. The second kappa shape index (κ2) is 21.0. The number of hydrogen-bond acceptors (Lipinski definition) is 10. The molecule has 16 heteroatoms. The van der Waals surface area contributed by atoms with E-state index in [1.807, 2.05) is 36.5 Å². The summed E-state index contributed by atoms with van der Waals surface area (Å²) in [7, 11) is 0. The van der Waals surface area contributed by atoms with E-state index in [2.05, 4.69) is 57.0 Å². The van der Waals surface area contributed by atoms with Crippen molar-refractivity contribution in [3.05, 3.63) is 76.1 Å². The first kappa shape index (κ1) is 46.6. The maximum absolute atomic E-state index is 10.6. The van der Waals surface area contributed by atoms with Crippen LogP contribution in [0.4, 0.5) is 19.1 Å². The minimum Gasteiger partial charge on any atom is -0.489 e. The molecule has 4 saturated heterocycles. The summed E-state index contributed by atoms with van der Waals surface area (Å²) >= 11 is 12.3. The zero-order valence-corrected chi connectivity index (χ0v) is 36.7. The van der Waals surface area contributed by atoms with E-state index in [-0.39, 0.29) is 6.61 Å². The molecule has 0 radical (unpaired) electrons. The first-order valence-corrected chi connectivity index (χ1v) is 22.3. The lowest BCUT2D eigenvalue weighted by molar-refractivity contribution is -0.192. The highest BCUT2D eigenvalue weighted by molar-refractivity contribution is 6.32. The number of nitriles is 1. The lowest BCUT2D eigenvalue weighted by atomic mass is 9.71. The maximum Gasteiger partial charge on any atom is 0.490 e. The van der Waals surface area contributed by atoms with Crippen molar-refractivity contribution >= 4 is 35.1 Å². The highest BCUT2D eigenvalue weighted by Gasteiger charge is 2.40. The zero-order chi connectivity index (χ0) is 43.6. The summed E-state index contributed by atoms with van der Waals surface area (Å²) in [5.74, 6) is 0.413. The Balaban J connectivity index is 0.000000819. The number of halogens is 5. The molecule has 0 aliphatic carbocycles. The van der Waals surface area contributed by atoms with Crippen LogP contribution in [0.15, 0.2) is 48.7 Å². The Kier molecular flexibility index (Phi) is 16.1. The van der Waals surface area contributed by atoms with Gasteiger partial charge >= 0.3 is 12.1 Å². The Morgan fingerprint density at radius 1 is 0.951 bits per heavy atom.